The molecule has 1 unspecified atom stereocenters. The number of furan rings is 1. The van der Waals surface area contributed by atoms with Crippen molar-refractivity contribution in [1.29, 1.82) is 0 Å². The van der Waals surface area contributed by atoms with Crippen LogP contribution in [0, 0.1) is 11.7 Å². The summed E-state index contributed by atoms with van der Waals surface area (Å²) >= 11 is 0. The van der Waals surface area contributed by atoms with Crippen molar-refractivity contribution in [2.45, 2.75) is 25.8 Å². The maximum Gasteiger partial charge on any atom is 0.134 e. The Hall–Kier alpha value is -1.35. The lowest BCUT2D eigenvalue weighted by Gasteiger charge is -2.13. The zero-order valence-electron chi connectivity index (χ0n) is 9.87. The van der Waals surface area contributed by atoms with Crippen molar-refractivity contribution < 1.29 is 8.81 Å². The second kappa shape index (κ2) is 4.15. The monoisotopic (exact) mass is 233 g/mol. The predicted molar refractivity (Wildman–Crippen MR) is 65.3 cm³/mol. The van der Waals surface area contributed by atoms with Crippen LogP contribution in [0.15, 0.2) is 28.7 Å². The van der Waals surface area contributed by atoms with Gasteiger partial charge in [-0.25, -0.2) is 4.39 Å². The highest BCUT2D eigenvalue weighted by molar-refractivity contribution is 5.78. The molecule has 2 nitrogen and oxygen atoms in total. The molecule has 0 radical (unpaired) electrons. The third-order valence-corrected chi connectivity index (χ3v) is 3.32. The summed E-state index contributed by atoms with van der Waals surface area (Å²) < 4.78 is 18.9. The van der Waals surface area contributed by atoms with E-state index < -0.39 is 0 Å². The van der Waals surface area contributed by atoms with Crippen LogP contribution in [-0.2, 0) is 0 Å². The van der Waals surface area contributed by atoms with Crippen LogP contribution in [0.2, 0.25) is 0 Å². The van der Waals surface area contributed by atoms with E-state index in [2.05, 4.69) is 12.2 Å². The van der Waals surface area contributed by atoms with Gasteiger partial charge in [0.25, 0.3) is 0 Å². The summed E-state index contributed by atoms with van der Waals surface area (Å²) in [5.41, 5.74) is 0.768. The van der Waals surface area contributed by atoms with Crippen molar-refractivity contribution in [2.24, 2.45) is 5.92 Å². The van der Waals surface area contributed by atoms with Crippen molar-refractivity contribution in [3.05, 3.63) is 35.8 Å². The van der Waals surface area contributed by atoms with E-state index in [4.69, 9.17) is 4.42 Å². The third-order valence-electron chi connectivity index (χ3n) is 3.32. The summed E-state index contributed by atoms with van der Waals surface area (Å²) in [5.74, 6) is 1.41. The minimum atomic E-state index is -0.212. The maximum atomic E-state index is 13.1. The van der Waals surface area contributed by atoms with E-state index >= 15 is 0 Å². The van der Waals surface area contributed by atoms with Crippen molar-refractivity contribution in [3.8, 4) is 0 Å². The molecule has 0 amide bonds. The van der Waals surface area contributed by atoms with Crippen molar-refractivity contribution in [3.63, 3.8) is 0 Å². The molecule has 3 heteroatoms. The lowest BCUT2D eigenvalue weighted by atomic mass is 10.1. The molecule has 1 N–H and O–H groups in total. The number of halogens is 1. The Kier molecular flexibility index (Phi) is 2.63. The molecule has 1 aromatic heterocycles. The minimum absolute atomic E-state index is 0.212. The van der Waals surface area contributed by atoms with Gasteiger partial charge in [0.05, 0.1) is 6.04 Å². The Morgan fingerprint density at radius 3 is 2.94 bits per heavy atom. The summed E-state index contributed by atoms with van der Waals surface area (Å²) in [6, 6.07) is 6.91. The SMILES string of the molecule is CCNC(c1cc2cc(F)ccc2o1)C1CC1. The van der Waals surface area contributed by atoms with E-state index in [0.29, 0.717) is 5.92 Å². The molecule has 0 spiro atoms. The van der Waals surface area contributed by atoms with Crippen LogP contribution in [0.25, 0.3) is 11.0 Å². The summed E-state index contributed by atoms with van der Waals surface area (Å²) in [6.07, 6.45) is 2.51. The highest BCUT2D eigenvalue weighted by atomic mass is 19.1. The van der Waals surface area contributed by atoms with Gasteiger partial charge in [0.15, 0.2) is 0 Å². The Morgan fingerprint density at radius 2 is 2.24 bits per heavy atom. The largest absolute Gasteiger partial charge is 0.459 e. The van der Waals surface area contributed by atoms with E-state index in [1.165, 1.54) is 25.0 Å². The van der Waals surface area contributed by atoms with Gasteiger partial charge in [0, 0.05) is 5.39 Å². The van der Waals surface area contributed by atoms with Crippen LogP contribution in [0.4, 0.5) is 4.39 Å². The lowest BCUT2D eigenvalue weighted by molar-refractivity contribution is 0.403. The van der Waals surface area contributed by atoms with E-state index in [-0.39, 0.29) is 11.9 Å². The predicted octanol–water partition coefficient (Wildman–Crippen LogP) is 3.63. The molecule has 90 valence electrons. The molecule has 1 atom stereocenters. The molecule has 0 saturated heterocycles. The first kappa shape index (κ1) is 10.8. The summed E-state index contributed by atoms with van der Waals surface area (Å²) in [4.78, 5) is 0. The number of fused-ring (bicyclic) bond motifs is 1. The van der Waals surface area contributed by atoms with E-state index in [1.54, 1.807) is 6.07 Å². The molecule has 1 fully saturated rings. The molecule has 1 aliphatic rings. The van der Waals surface area contributed by atoms with Crippen molar-refractivity contribution in [1.82, 2.24) is 5.32 Å². The Morgan fingerprint density at radius 1 is 1.41 bits per heavy atom. The van der Waals surface area contributed by atoms with Gasteiger partial charge < -0.3 is 9.73 Å². The van der Waals surface area contributed by atoms with Crippen LogP contribution in [0.1, 0.15) is 31.6 Å². The Bertz CT molecular complexity index is 530. The molecule has 1 heterocycles. The van der Waals surface area contributed by atoms with Crippen LogP contribution in [0.5, 0.6) is 0 Å². The normalized spacial score (nSPS) is 17.5. The van der Waals surface area contributed by atoms with Gasteiger partial charge in [0.1, 0.15) is 17.2 Å². The number of nitrogens with one attached hydrogen (secondary N) is 1. The van der Waals surface area contributed by atoms with Gasteiger partial charge in [-0.2, -0.15) is 0 Å². The molecule has 0 bridgehead atoms. The third kappa shape index (κ3) is 2.07. The molecule has 3 rings (SSSR count). The Labute approximate surface area is 99.8 Å². The van der Waals surface area contributed by atoms with E-state index in [9.17, 15) is 4.39 Å². The highest BCUT2D eigenvalue weighted by Gasteiger charge is 2.33. The molecule has 1 aromatic carbocycles. The lowest BCUT2D eigenvalue weighted by Crippen LogP contribution is -2.21. The first-order chi connectivity index (χ1) is 8.28. The molecule has 2 aromatic rings. The van der Waals surface area contributed by atoms with Gasteiger partial charge in [-0.1, -0.05) is 6.92 Å². The first-order valence-electron chi connectivity index (χ1n) is 6.20. The van der Waals surface area contributed by atoms with Crippen LogP contribution in [-0.4, -0.2) is 6.54 Å². The molecule has 1 saturated carbocycles. The summed E-state index contributed by atoms with van der Waals surface area (Å²) in [5, 5.41) is 4.30. The topological polar surface area (TPSA) is 25.2 Å². The summed E-state index contributed by atoms with van der Waals surface area (Å²) in [7, 11) is 0. The standard InChI is InChI=1S/C14H16FNO/c1-2-16-14(9-3-4-9)13-8-10-7-11(15)5-6-12(10)17-13/h5-9,14,16H,2-4H2,1H3. The van der Waals surface area contributed by atoms with Crippen molar-refractivity contribution >= 4 is 11.0 Å². The average Bonchev–Trinajstić information content (AvgIpc) is 3.05. The fraction of sp³-hybridized carbons (Fsp3) is 0.429. The van der Waals surface area contributed by atoms with Crippen LogP contribution >= 0.6 is 0 Å². The van der Waals surface area contributed by atoms with Crippen LogP contribution in [0.3, 0.4) is 0 Å². The molecule has 0 aliphatic heterocycles. The second-order valence-corrected chi connectivity index (χ2v) is 4.70. The van der Waals surface area contributed by atoms with Gasteiger partial charge in [-0.3, -0.25) is 0 Å². The highest BCUT2D eigenvalue weighted by Crippen LogP contribution is 2.42. The molecular weight excluding hydrogens is 217 g/mol. The number of hydrogen-bond donors (Lipinski definition) is 1. The van der Waals surface area contributed by atoms with Gasteiger partial charge in [-0.15, -0.1) is 0 Å². The van der Waals surface area contributed by atoms with Gasteiger partial charge in [-0.05, 0) is 49.6 Å². The number of benzene rings is 1. The average molecular weight is 233 g/mol. The van der Waals surface area contributed by atoms with Gasteiger partial charge in [0.2, 0.25) is 0 Å². The number of hydrogen-bond acceptors (Lipinski definition) is 2. The fourth-order valence-corrected chi connectivity index (χ4v) is 2.34. The quantitative estimate of drug-likeness (QED) is 0.872. The zero-order valence-corrected chi connectivity index (χ0v) is 9.87. The second-order valence-electron chi connectivity index (χ2n) is 4.70. The maximum absolute atomic E-state index is 13.1. The van der Waals surface area contributed by atoms with Crippen molar-refractivity contribution in [2.75, 3.05) is 6.54 Å². The smallest absolute Gasteiger partial charge is 0.134 e. The molecular formula is C14H16FNO. The van der Waals surface area contributed by atoms with Gasteiger partial charge >= 0.3 is 0 Å². The minimum Gasteiger partial charge on any atom is -0.459 e. The zero-order chi connectivity index (χ0) is 11.8. The first-order valence-corrected chi connectivity index (χ1v) is 6.20. The van der Waals surface area contributed by atoms with Crippen LogP contribution < -0.4 is 5.32 Å². The fourth-order valence-electron chi connectivity index (χ4n) is 2.34. The molecule has 17 heavy (non-hydrogen) atoms. The molecule has 1 aliphatic carbocycles. The van der Waals surface area contributed by atoms with E-state index in [1.807, 2.05) is 6.07 Å². The Balaban J connectivity index is 1.98. The summed E-state index contributed by atoms with van der Waals surface area (Å²) in [6.45, 7) is 3.02. The van der Waals surface area contributed by atoms with E-state index in [0.717, 1.165) is 23.3 Å². The number of rotatable bonds is 4.